The van der Waals surface area contributed by atoms with Gasteiger partial charge in [-0.05, 0) is 24.6 Å². The van der Waals surface area contributed by atoms with Gasteiger partial charge in [-0.15, -0.1) is 0 Å². The molecule has 0 radical (unpaired) electrons. The van der Waals surface area contributed by atoms with Gasteiger partial charge in [-0.25, -0.2) is 9.97 Å². The molecule has 0 spiro atoms. The Hall–Kier alpha value is -3.00. The zero-order valence-electron chi connectivity index (χ0n) is 16.8. The third-order valence-corrected chi connectivity index (χ3v) is 5.22. The summed E-state index contributed by atoms with van der Waals surface area (Å²) in [6.45, 7) is 6.20. The number of nitrogens with zero attached hydrogens (tertiary/aromatic N) is 5. The smallest absolute Gasteiger partial charge is 0.242 e. The summed E-state index contributed by atoms with van der Waals surface area (Å²) in [6.07, 6.45) is 1.54. The number of hydrogen-bond donors (Lipinski definition) is 0. The second-order valence-corrected chi connectivity index (χ2v) is 6.98. The van der Waals surface area contributed by atoms with Crippen LogP contribution < -0.4 is 9.64 Å². The number of methoxy groups -OCH3 is 1. The highest BCUT2D eigenvalue weighted by Gasteiger charge is 2.25. The van der Waals surface area contributed by atoms with E-state index in [2.05, 4.69) is 9.97 Å². The van der Waals surface area contributed by atoms with Crippen molar-refractivity contribution < 1.29 is 14.3 Å². The van der Waals surface area contributed by atoms with E-state index in [-0.39, 0.29) is 5.91 Å². The van der Waals surface area contributed by atoms with Gasteiger partial charge in [0.15, 0.2) is 0 Å². The molecule has 29 heavy (non-hydrogen) atoms. The molecule has 0 atom stereocenters. The molecule has 2 aromatic rings. The summed E-state index contributed by atoms with van der Waals surface area (Å²) in [7, 11) is 1.65. The zero-order valence-corrected chi connectivity index (χ0v) is 16.8. The molecule has 1 aromatic heterocycles. The number of carbonyl (C=O) groups is 1. The Morgan fingerprint density at radius 2 is 2.03 bits per heavy atom. The van der Waals surface area contributed by atoms with Crippen molar-refractivity contribution in [3.63, 3.8) is 0 Å². The maximum absolute atomic E-state index is 12.3. The van der Waals surface area contributed by atoms with Gasteiger partial charge in [0.05, 0.1) is 31.1 Å². The van der Waals surface area contributed by atoms with Crippen LogP contribution in [0.3, 0.4) is 0 Å². The second kappa shape index (κ2) is 8.57. The van der Waals surface area contributed by atoms with Gasteiger partial charge >= 0.3 is 0 Å². The van der Waals surface area contributed by atoms with Crippen molar-refractivity contribution in [1.82, 2.24) is 14.9 Å². The van der Waals surface area contributed by atoms with Crippen molar-refractivity contribution in [1.29, 1.82) is 0 Å². The van der Waals surface area contributed by atoms with Crippen molar-refractivity contribution in [2.45, 2.75) is 13.5 Å². The summed E-state index contributed by atoms with van der Waals surface area (Å²) in [5.74, 6) is 1.66. The van der Waals surface area contributed by atoms with Gasteiger partial charge in [0.2, 0.25) is 5.91 Å². The van der Waals surface area contributed by atoms with Crippen molar-refractivity contribution in [3.05, 3.63) is 47.4 Å². The number of aliphatic imine (C=N–C) groups is 1. The molecule has 0 unspecified atom stereocenters. The number of amides is 1. The van der Waals surface area contributed by atoms with Gasteiger partial charge in [-0.1, -0.05) is 6.07 Å². The van der Waals surface area contributed by atoms with E-state index < -0.39 is 0 Å². The third kappa shape index (κ3) is 4.07. The molecule has 3 heterocycles. The molecule has 1 saturated heterocycles. The maximum atomic E-state index is 12.3. The number of carbonyl (C=O) groups excluding carboxylic acids is 1. The SMILES string of the molecule is CCN1CCN(c2cc(C3=NCc4ccc(OCCOC)cc43)ncn2)CC1=O. The largest absolute Gasteiger partial charge is 0.491 e. The van der Waals surface area contributed by atoms with Crippen LogP contribution in [0.2, 0.25) is 0 Å². The number of rotatable bonds is 7. The van der Waals surface area contributed by atoms with Crippen LogP contribution in [-0.2, 0) is 16.1 Å². The average molecular weight is 395 g/mol. The van der Waals surface area contributed by atoms with E-state index in [4.69, 9.17) is 14.5 Å². The predicted molar refractivity (Wildman–Crippen MR) is 110 cm³/mol. The summed E-state index contributed by atoms with van der Waals surface area (Å²) in [5.41, 5.74) is 3.76. The Labute approximate surface area is 170 Å². The van der Waals surface area contributed by atoms with E-state index in [1.165, 1.54) is 0 Å². The van der Waals surface area contributed by atoms with E-state index in [0.717, 1.165) is 47.2 Å². The van der Waals surface area contributed by atoms with Crippen LogP contribution in [0.5, 0.6) is 5.75 Å². The fraction of sp³-hybridized carbons (Fsp3) is 0.429. The molecule has 0 saturated carbocycles. The number of anilines is 1. The first-order chi connectivity index (χ1) is 14.2. The van der Waals surface area contributed by atoms with Crippen LogP contribution in [0.1, 0.15) is 23.7 Å². The molecule has 2 aliphatic heterocycles. The average Bonchev–Trinajstić information content (AvgIpc) is 3.17. The first-order valence-corrected chi connectivity index (χ1v) is 9.84. The van der Waals surface area contributed by atoms with Crippen LogP contribution in [0.4, 0.5) is 5.82 Å². The Bertz CT molecular complexity index is 930. The first-order valence-electron chi connectivity index (χ1n) is 9.84. The van der Waals surface area contributed by atoms with E-state index in [1.54, 1.807) is 13.4 Å². The normalized spacial score (nSPS) is 16.1. The molecule has 0 bridgehead atoms. The van der Waals surface area contributed by atoms with Gasteiger partial charge in [-0.2, -0.15) is 0 Å². The number of likely N-dealkylation sites (N-methyl/N-ethyl adjacent to an activating group) is 1. The monoisotopic (exact) mass is 395 g/mol. The number of hydrogen-bond acceptors (Lipinski definition) is 7. The molecule has 2 aliphatic rings. The summed E-state index contributed by atoms with van der Waals surface area (Å²) in [6, 6.07) is 7.92. The first kappa shape index (κ1) is 19.3. The highest BCUT2D eigenvalue weighted by molar-refractivity contribution is 6.14. The lowest BCUT2D eigenvalue weighted by Gasteiger charge is -2.34. The van der Waals surface area contributed by atoms with E-state index in [9.17, 15) is 4.79 Å². The molecule has 8 nitrogen and oxygen atoms in total. The molecule has 1 fully saturated rings. The van der Waals surface area contributed by atoms with Gasteiger partial charge in [-0.3, -0.25) is 9.79 Å². The number of aromatic nitrogens is 2. The summed E-state index contributed by atoms with van der Waals surface area (Å²) >= 11 is 0. The lowest BCUT2D eigenvalue weighted by molar-refractivity contribution is -0.130. The minimum absolute atomic E-state index is 0.125. The van der Waals surface area contributed by atoms with Gasteiger partial charge < -0.3 is 19.3 Å². The molecule has 152 valence electrons. The van der Waals surface area contributed by atoms with Crippen LogP contribution in [-0.4, -0.2) is 73.0 Å². The number of ether oxygens (including phenoxy) is 2. The number of piperazine rings is 1. The molecular weight excluding hydrogens is 370 g/mol. The van der Waals surface area contributed by atoms with Gasteiger partial charge in [0, 0.05) is 38.4 Å². The molecular formula is C21H25N5O3. The standard InChI is InChI=1S/C21H25N5O3/c1-3-25-6-7-26(13-20(25)27)19-11-18(23-14-24-19)21-17-10-16(29-9-8-28-2)5-4-15(17)12-22-21/h4-5,10-11,14H,3,6-9,12-13H2,1-2H3. The predicted octanol–water partition coefficient (Wildman–Crippen LogP) is 1.52. The van der Waals surface area contributed by atoms with Crippen LogP contribution in [0.15, 0.2) is 35.6 Å². The molecule has 1 amide bonds. The van der Waals surface area contributed by atoms with Crippen molar-refractivity contribution in [2.24, 2.45) is 4.99 Å². The van der Waals surface area contributed by atoms with Crippen LogP contribution >= 0.6 is 0 Å². The Morgan fingerprint density at radius 1 is 1.14 bits per heavy atom. The lowest BCUT2D eigenvalue weighted by atomic mass is 10.0. The zero-order chi connectivity index (χ0) is 20.2. The van der Waals surface area contributed by atoms with E-state index in [1.807, 2.05) is 41.0 Å². The number of benzene rings is 1. The second-order valence-electron chi connectivity index (χ2n) is 6.98. The molecule has 0 N–H and O–H groups in total. The summed E-state index contributed by atoms with van der Waals surface area (Å²) in [5, 5.41) is 0. The van der Waals surface area contributed by atoms with Crippen LogP contribution in [0, 0.1) is 0 Å². The molecule has 8 heteroatoms. The van der Waals surface area contributed by atoms with E-state index >= 15 is 0 Å². The fourth-order valence-corrected chi connectivity index (χ4v) is 3.60. The molecule has 1 aromatic carbocycles. The highest BCUT2D eigenvalue weighted by Crippen LogP contribution is 2.27. The molecule has 4 rings (SSSR count). The highest BCUT2D eigenvalue weighted by atomic mass is 16.5. The van der Waals surface area contributed by atoms with E-state index in [0.29, 0.717) is 32.8 Å². The fourth-order valence-electron chi connectivity index (χ4n) is 3.60. The minimum Gasteiger partial charge on any atom is -0.491 e. The molecule has 0 aliphatic carbocycles. The minimum atomic E-state index is 0.125. The maximum Gasteiger partial charge on any atom is 0.242 e. The Morgan fingerprint density at radius 3 is 2.83 bits per heavy atom. The Kier molecular flexibility index (Phi) is 5.71. The quantitative estimate of drug-likeness (QED) is 0.662. The number of fused-ring (bicyclic) bond motifs is 1. The van der Waals surface area contributed by atoms with Crippen LogP contribution in [0.25, 0.3) is 0 Å². The third-order valence-electron chi connectivity index (χ3n) is 5.22. The Balaban J connectivity index is 1.54. The van der Waals surface area contributed by atoms with Crippen molar-refractivity contribution >= 4 is 17.4 Å². The topological polar surface area (TPSA) is 80.2 Å². The summed E-state index contributed by atoms with van der Waals surface area (Å²) in [4.78, 5) is 29.6. The van der Waals surface area contributed by atoms with Crippen molar-refractivity contribution in [2.75, 3.05) is 51.4 Å². The lowest BCUT2D eigenvalue weighted by Crippen LogP contribution is -2.50. The summed E-state index contributed by atoms with van der Waals surface area (Å²) < 4.78 is 10.8. The van der Waals surface area contributed by atoms with Gasteiger partial charge in [0.1, 0.15) is 24.5 Å². The van der Waals surface area contributed by atoms with Gasteiger partial charge in [0.25, 0.3) is 0 Å². The van der Waals surface area contributed by atoms with Crippen molar-refractivity contribution in [3.8, 4) is 5.75 Å².